The summed E-state index contributed by atoms with van der Waals surface area (Å²) < 4.78 is 16.7. The van der Waals surface area contributed by atoms with Crippen LogP contribution in [0.5, 0.6) is 0 Å². The summed E-state index contributed by atoms with van der Waals surface area (Å²) in [5.74, 6) is -0.860. The summed E-state index contributed by atoms with van der Waals surface area (Å²) >= 11 is 0. The van der Waals surface area contributed by atoms with Gasteiger partial charge in [0.2, 0.25) is 0 Å². The number of carbonyl (C=O) groups excluding carboxylic acids is 3. The highest BCUT2D eigenvalue weighted by atomic mass is 16.6. The molecule has 0 saturated heterocycles. The predicted molar refractivity (Wildman–Crippen MR) is 289 cm³/mol. The fraction of sp³-hybridized carbons (Fsp3) is 0.885. The zero-order chi connectivity index (χ0) is 48.6. The van der Waals surface area contributed by atoms with Gasteiger partial charge in [-0.15, -0.1) is 0 Å². The van der Waals surface area contributed by atoms with E-state index in [1.807, 2.05) is 0 Å². The average Bonchev–Trinajstić information content (AvgIpc) is 3.33. The lowest BCUT2D eigenvalue weighted by Crippen LogP contribution is -2.30. The zero-order valence-corrected chi connectivity index (χ0v) is 45.2. The molecule has 6 heteroatoms. The van der Waals surface area contributed by atoms with E-state index >= 15 is 0 Å². The van der Waals surface area contributed by atoms with Crippen molar-refractivity contribution >= 4 is 17.9 Å². The summed E-state index contributed by atoms with van der Waals surface area (Å²) in [6, 6.07) is 0. The first-order chi connectivity index (χ1) is 33.0. The van der Waals surface area contributed by atoms with Crippen LogP contribution in [0.3, 0.4) is 0 Å². The summed E-state index contributed by atoms with van der Waals surface area (Å²) in [7, 11) is 0. The molecule has 0 fully saturated rings. The third-order valence-electron chi connectivity index (χ3n) is 13.5. The highest BCUT2D eigenvalue weighted by molar-refractivity contribution is 5.71. The van der Waals surface area contributed by atoms with Crippen LogP contribution in [0, 0.1) is 0 Å². The number of hydrogen-bond acceptors (Lipinski definition) is 6. The van der Waals surface area contributed by atoms with Gasteiger partial charge in [0, 0.05) is 19.3 Å². The van der Waals surface area contributed by atoms with Crippen molar-refractivity contribution in [2.24, 2.45) is 0 Å². The second-order valence-electron chi connectivity index (χ2n) is 20.3. The monoisotopic (exact) mass is 943 g/mol. The van der Waals surface area contributed by atoms with Crippen LogP contribution >= 0.6 is 0 Å². The van der Waals surface area contributed by atoms with Crippen LogP contribution in [0.2, 0.25) is 0 Å². The Morgan fingerprint density at radius 2 is 0.537 bits per heavy atom. The Bertz CT molecular complexity index is 1080. The van der Waals surface area contributed by atoms with Crippen LogP contribution in [0.15, 0.2) is 24.3 Å². The molecule has 1 atom stereocenters. The number of unbranched alkanes of at least 4 members (excludes halogenated alkanes) is 40. The Morgan fingerprint density at radius 3 is 0.821 bits per heavy atom. The molecule has 1 unspecified atom stereocenters. The topological polar surface area (TPSA) is 78.9 Å². The van der Waals surface area contributed by atoms with Crippen molar-refractivity contribution in [3.05, 3.63) is 24.3 Å². The molecule has 0 aliphatic heterocycles. The second-order valence-corrected chi connectivity index (χ2v) is 20.3. The van der Waals surface area contributed by atoms with Crippen LogP contribution in [0.4, 0.5) is 0 Å². The van der Waals surface area contributed by atoms with Crippen LogP contribution in [-0.4, -0.2) is 37.2 Å². The van der Waals surface area contributed by atoms with Crippen molar-refractivity contribution < 1.29 is 28.6 Å². The van der Waals surface area contributed by atoms with Crippen molar-refractivity contribution in [2.45, 2.75) is 335 Å². The van der Waals surface area contributed by atoms with Crippen LogP contribution in [-0.2, 0) is 28.6 Å². The van der Waals surface area contributed by atoms with Crippen LogP contribution in [0.1, 0.15) is 329 Å². The molecule has 0 aliphatic carbocycles. The molecular formula is C61H114O6. The minimum Gasteiger partial charge on any atom is -0.462 e. The third kappa shape index (κ3) is 54.7. The fourth-order valence-electron chi connectivity index (χ4n) is 8.95. The van der Waals surface area contributed by atoms with Gasteiger partial charge in [0.05, 0.1) is 0 Å². The maximum atomic E-state index is 12.7. The Labute approximate surface area is 417 Å². The molecule has 0 aliphatic rings. The van der Waals surface area contributed by atoms with Crippen molar-refractivity contribution in [2.75, 3.05) is 13.2 Å². The highest BCUT2D eigenvalue weighted by Crippen LogP contribution is 2.17. The largest absolute Gasteiger partial charge is 0.462 e. The minimum atomic E-state index is -0.760. The number of allylic oxidation sites excluding steroid dienone is 4. The first-order valence-electron chi connectivity index (χ1n) is 29.8. The van der Waals surface area contributed by atoms with Gasteiger partial charge in [0.25, 0.3) is 0 Å². The van der Waals surface area contributed by atoms with Gasteiger partial charge in [-0.2, -0.15) is 0 Å². The van der Waals surface area contributed by atoms with Crippen molar-refractivity contribution in [3.63, 3.8) is 0 Å². The van der Waals surface area contributed by atoms with E-state index in [1.54, 1.807) is 0 Å². The van der Waals surface area contributed by atoms with Crippen molar-refractivity contribution in [1.29, 1.82) is 0 Å². The summed E-state index contributed by atoms with van der Waals surface area (Å²) in [6.07, 6.45) is 66.7. The number of hydrogen-bond donors (Lipinski definition) is 0. The zero-order valence-electron chi connectivity index (χ0n) is 45.2. The lowest BCUT2D eigenvalue weighted by atomic mass is 10.0. The normalized spacial score (nSPS) is 12.1. The quantitative estimate of drug-likeness (QED) is 0.0262. The van der Waals surface area contributed by atoms with Gasteiger partial charge in [-0.1, -0.05) is 283 Å². The molecule has 0 amide bonds. The molecule has 0 aromatic rings. The Hall–Kier alpha value is -2.11. The van der Waals surface area contributed by atoms with Gasteiger partial charge < -0.3 is 14.2 Å². The maximum absolute atomic E-state index is 12.7. The smallest absolute Gasteiger partial charge is 0.306 e. The minimum absolute atomic E-state index is 0.0653. The number of esters is 3. The van der Waals surface area contributed by atoms with Gasteiger partial charge >= 0.3 is 17.9 Å². The second kappa shape index (κ2) is 56.5. The van der Waals surface area contributed by atoms with Gasteiger partial charge in [0.1, 0.15) is 13.2 Å². The Kier molecular flexibility index (Phi) is 54.7. The summed E-state index contributed by atoms with van der Waals surface area (Å²) in [5.41, 5.74) is 0. The lowest BCUT2D eigenvalue weighted by molar-refractivity contribution is -0.167. The van der Waals surface area contributed by atoms with Crippen molar-refractivity contribution in [1.82, 2.24) is 0 Å². The van der Waals surface area contributed by atoms with E-state index < -0.39 is 6.10 Å². The molecule has 0 rings (SSSR count). The predicted octanol–water partition coefficient (Wildman–Crippen LogP) is 19.9. The SMILES string of the molecule is CCCCCCC/C=C\C/C=C\CCCCCCCCCCCCCCCCCCCCCCCC(=O)OCC(COC(=O)CCCCCCCC)OC(=O)CCCCCCCCCCCC. The molecule has 0 aromatic heterocycles. The maximum Gasteiger partial charge on any atom is 0.306 e. The average molecular weight is 944 g/mol. The first kappa shape index (κ1) is 64.9. The molecule has 394 valence electrons. The van der Waals surface area contributed by atoms with Gasteiger partial charge in [-0.25, -0.2) is 0 Å². The molecule has 67 heavy (non-hydrogen) atoms. The summed E-state index contributed by atoms with van der Waals surface area (Å²) in [6.45, 7) is 6.59. The van der Waals surface area contributed by atoms with Crippen LogP contribution in [0.25, 0.3) is 0 Å². The number of ether oxygens (including phenoxy) is 3. The van der Waals surface area contributed by atoms with Crippen LogP contribution < -0.4 is 0 Å². The molecule has 0 N–H and O–H groups in total. The number of carbonyl (C=O) groups is 3. The van der Waals surface area contributed by atoms with E-state index in [-0.39, 0.29) is 31.1 Å². The third-order valence-corrected chi connectivity index (χ3v) is 13.5. The van der Waals surface area contributed by atoms with E-state index in [0.29, 0.717) is 19.3 Å². The van der Waals surface area contributed by atoms with E-state index in [1.165, 1.54) is 225 Å². The summed E-state index contributed by atoms with van der Waals surface area (Å²) in [4.78, 5) is 37.7. The van der Waals surface area contributed by atoms with E-state index in [9.17, 15) is 14.4 Å². The van der Waals surface area contributed by atoms with Gasteiger partial charge in [-0.05, 0) is 51.4 Å². The molecule has 0 radical (unpaired) electrons. The molecule has 0 heterocycles. The van der Waals surface area contributed by atoms with E-state index in [4.69, 9.17) is 14.2 Å². The fourth-order valence-corrected chi connectivity index (χ4v) is 8.95. The number of rotatable bonds is 55. The Balaban J connectivity index is 3.84. The molecule has 0 spiro atoms. The molecule has 6 nitrogen and oxygen atoms in total. The molecule has 0 aromatic carbocycles. The van der Waals surface area contributed by atoms with E-state index in [2.05, 4.69) is 45.1 Å². The molecular weight excluding hydrogens is 829 g/mol. The van der Waals surface area contributed by atoms with E-state index in [0.717, 1.165) is 64.2 Å². The van der Waals surface area contributed by atoms with Gasteiger partial charge in [0.15, 0.2) is 6.10 Å². The molecule has 0 bridgehead atoms. The Morgan fingerprint density at radius 1 is 0.299 bits per heavy atom. The highest BCUT2D eigenvalue weighted by Gasteiger charge is 2.19. The molecule has 0 saturated carbocycles. The first-order valence-corrected chi connectivity index (χ1v) is 29.8. The summed E-state index contributed by atoms with van der Waals surface area (Å²) in [5, 5.41) is 0. The van der Waals surface area contributed by atoms with Crippen molar-refractivity contribution in [3.8, 4) is 0 Å². The standard InChI is InChI=1S/C61H114O6/c1-4-7-10-13-16-18-20-21-22-23-24-25-26-27-28-29-30-31-32-33-34-35-36-37-38-39-40-41-42-44-45-48-51-54-60(63)66-57-58(56-65-59(62)53-50-47-15-12-9-6-3)67-61(64)55-52-49-46-43-19-17-14-11-8-5-2/h20-21,23-24,58H,4-19,22,25-57H2,1-3H3/b21-20-,24-23-. The van der Waals surface area contributed by atoms with Gasteiger partial charge in [-0.3, -0.25) is 14.4 Å². The lowest BCUT2D eigenvalue weighted by Gasteiger charge is -2.18.